The van der Waals surface area contributed by atoms with Crippen LogP contribution < -0.4 is 10.1 Å². The Kier molecular flexibility index (Phi) is 8.96. The van der Waals surface area contributed by atoms with Crippen LogP contribution in [0.4, 0.5) is 0 Å². The molecule has 1 N–H and O–H groups in total. The number of hydrogen-bond acceptors (Lipinski definition) is 3. The maximum Gasteiger partial charge on any atom is 0.251 e. The van der Waals surface area contributed by atoms with Crippen molar-refractivity contribution >= 4 is 32.9 Å². The smallest absolute Gasteiger partial charge is 0.251 e. The van der Waals surface area contributed by atoms with E-state index in [1.807, 2.05) is 42.5 Å². The number of aromatic nitrogens is 2. The molecule has 4 aromatic rings. The number of halogens is 1. The van der Waals surface area contributed by atoms with E-state index in [1.54, 1.807) is 0 Å². The van der Waals surface area contributed by atoms with Gasteiger partial charge in [0.2, 0.25) is 0 Å². The molecule has 0 aliphatic carbocycles. The van der Waals surface area contributed by atoms with Crippen molar-refractivity contribution in [2.45, 2.75) is 45.6 Å². The number of unbranched alkanes of at least 4 members (excludes halogenated alkanes) is 2. The number of imidazole rings is 1. The number of nitrogens with one attached hydrogen (secondary N) is 1. The number of fused-ring (bicyclic) bond motifs is 1. The van der Waals surface area contributed by atoms with Crippen LogP contribution in [-0.4, -0.2) is 28.6 Å². The second kappa shape index (κ2) is 12.5. The third-order valence-corrected chi connectivity index (χ3v) is 6.59. The number of hydrogen-bond donors (Lipinski definition) is 1. The Bertz CT molecular complexity index is 1250. The monoisotopic (exact) mass is 533 g/mol. The Labute approximate surface area is 215 Å². The average Bonchev–Trinajstić information content (AvgIpc) is 3.23. The molecule has 4 rings (SSSR count). The number of carbonyl (C=O) groups is 1. The molecule has 1 heterocycles. The quantitative estimate of drug-likeness (QED) is 0.209. The lowest BCUT2D eigenvalue weighted by molar-refractivity contribution is 0.0953. The van der Waals surface area contributed by atoms with Crippen molar-refractivity contribution in [1.82, 2.24) is 14.9 Å². The average molecular weight is 534 g/mol. The van der Waals surface area contributed by atoms with Crippen LogP contribution in [-0.2, 0) is 19.4 Å². The summed E-state index contributed by atoms with van der Waals surface area (Å²) < 4.78 is 9.21. The van der Waals surface area contributed by atoms with Gasteiger partial charge in [-0.15, -0.1) is 0 Å². The highest BCUT2D eigenvalue weighted by Gasteiger charge is 2.11. The Morgan fingerprint density at radius 2 is 1.83 bits per heavy atom. The van der Waals surface area contributed by atoms with Crippen molar-refractivity contribution in [3.8, 4) is 5.75 Å². The normalized spacial score (nSPS) is 11.0. The lowest BCUT2D eigenvalue weighted by Gasteiger charge is -2.11. The van der Waals surface area contributed by atoms with Gasteiger partial charge in [0.05, 0.1) is 17.6 Å². The fourth-order valence-electron chi connectivity index (χ4n) is 4.16. The summed E-state index contributed by atoms with van der Waals surface area (Å²) in [6.45, 7) is 4.18. The number of ether oxygens (including phenoxy) is 1. The lowest BCUT2D eigenvalue weighted by atomic mass is 10.1. The van der Waals surface area contributed by atoms with E-state index in [1.165, 1.54) is 5.56 Å². The molecule has 0 bridgehead atoms. The van der Waals surface area contributed by atoms with Gasteiger partial charge in [0.25, 0.3) is 5.91 Å². The van der Waals surface area contributed by atoms with Crippen LogP contribution in [0, 0.1) is 0 Å². The van der Waals surface area contributed by atoms with Gasteiger partial charge >= 0.3 is 0 Å². The van der Waals surface area contributed by atoms with Gasteiger partial charge < -0.3 is 14.6 Å². The molecule has 35 heavy (non-hydrogen) atoms. The minimum absolute atomic E-state index is 0.0302. The van der Waals surface area contributed by atoms with Crippen LogP contribution in [0.15, 0.2) is 77.3 Å². The molecular formula is C29H32BrN3O2. The van der Waals surface area contributed by atoms with Gasteiger partial charge in [-0.2, -0.15) is 0 Å². The Balaban J connectivity index is 1.26. The number of carbonyl (C=O) groups excluding carboxylic acids is 1. The third kappa shape index (κ3) is 6.95. The van der Waals surface area contributed by atoms with Gasteiger partial charge in [0.15, 0.2) is 0 Å². The first-order chi connectivity index (χ1) is 17.1. The van der Waals surface area contributed by atoms with Gasteiger partial charge in [-0.3, -0.25) is 4.79 Å². The summed E-state index contributed by atoms with van der Waals surface area (Å²) in [5.41, 5.74) is 4.16. The minimum atomic E-state index is -0.0302. The largest absolute Gasteiger partial charge is 0.492 e. The van der Waals surface area contributed by atoms with E-state index in [4.69, 9.17) is 9.72 Å². The highest BCUT2D eigenvalue weighted by Crippen LogP contribution is 2.19. The second-order valence-corrected chi connectivity index (χ2v) is 9.51. The molecule has 1 amide bonds. The summed E-state index contributed by atoms with van der Waals surface area (Å²) in [6, 6.07) is 24.1. The molecule has 3 aromatic carbocycles. The predicted octanol–water partition coefficient (Wildman–Crippen LogP) is 6.58. The van der Waals surface area contributed by atoms with E-state index in [2.05, 4.69) is 63.1 Å². The van der Waals surface area contributed by atoms with Crippen LogP contribution in [0.25, 0.3) is 11.0 Å². The fourth-order valence-corrected chi connectivity index (χ4v) is 4.56. The Hall–Kier alpha value is -3.12. The SMILES string of the molecule is CCc1ccc(OCCn2c(CCCCCNC(=O)c3cccc(Br)c3)nc3ccccc32)cc1. The van der Waals surface area contributed by atoms with Crippen LogP contribution in [0.1, 0.15) is 47.9 Å². The van der Waals surface area contributed by atoms with Gasteiger partial charge in [-0.25, -0.2) is 4.98 Å². The first-order valence-corrected chi connectivity index (χ1v) is 13.1. The summed E-state index contributed by atoms with van der Waals surface area (Å²) in [4.78, 5) is 17.2. The van der Waals surface area contributed by atoms with Gasteiger partial charge in [-0.1, -0.05) is 59.6 Å². The van der Waals surface area contributed by atoms with Crippen molar-refractivity contribution in [3.63, 3.8) is 0 Å². The number of rotatable bonds is 12. The van der Waals surface area contributed by atoms with Gasteiger partial charge in [-0.05, 0) is 67.3 Å². The third-order valence-electron chi connectivity index (χ3n) is 6.10. The molecule has 6 heteroatoms. The number of amides is 1. The molecule has 0 atom stereocenters. The molecule has 0 radical (unpaired) electrons. The van der Waals surface area contributed by atoms with Crippen molar-refractivity contribution in [2.24, 2.45) is 0 Å². The van der Waals surface area contributed by atoms with E-state index in [0.717, 1.165) is 65.7 Å². The van der Waals surface area contributed by atoms with Crippen molar-refractivity contribution in [3.05, 3.63) is 94.2 Å². The number of benzene rings is 3. The van der Waals surface area contributed by atoms with E-state index in [-0.39, 0.29) is 5.91 Å². The first kappa shape index (κ1) is 25.0. The van der Waals surface area contributed by atoms with Crippen molar-refractivity contribution < 1.29 is 9.53 Å². The first-order valence-electron chi connectivity index (χ1n) is 12.3. The molecule has 0 aliphatic heterocycles. The van der Waals surface area contributed by atoms with Crippen molar-refractivity contribution in [1.29, 1.82) is 0 Å². The van der Waals surface area contributed by atoms with E-state index in [9.17, 15) is 4.79 Å². The zero-order chi connectivity index (χ0) is 24.5. The van der Waals surface area contributed by atoms with E-state index in [0.29, 0.717) is 18.7 Å². The fraction of sp³-hybridized carbons (Fsp3) is 0.310. The van der Waals surface area contributed by atoms with Gasteiger partial charge in [0.1, 0.15) is 18.2 Å². The molecule has 0 saturated heterocycles. The summed E-state index contributed by atoms with van der Waals surface area (Å²) >= 11 is 3.41. The van der Waals surface area contributed by atoms with Crippen molar-refractivity contribution in [2.75, 3.05) is 13.2 Å². The highest BCUT2D eigenvalue weighted by atomic mass is 79.9. The molecule has 0 unspecified atom stereocenters. The molecule has 0 spiro atoms. The summed E-state index contributed by atoms with van der Waals surface area (Å²) in [5.74, 6) is 1.96. The Morgan fingerprint density at radius 1 is 1.00 bits per heavy atom. The minimum Gasteiger partial charge on any atom is -0.492 e. The molecular weight excluding hydrogens is 502 g/mol. The molecule has 0 saturated carbocycles. The van der Waals surface area contributed by atoms with E-state index >= 15 is 0 Å². The lowest BCUT2D eigenvalue weighted by Crippen LogP contribution is -2.24. The van der Waals surface area contributed by atoms with Crippen LogP contribution in [0.2, 0.25) is 0 Å². The molecule has 182 valence electrons. The number of aryl methyl sites for hydroxylation is 2. The van der Waals surface area contributed by atoms with Crippen LogP contribution in [0.5, 0.6) is 5.75 Å². The van der Waals surface area contributed by atoms with Crippen LogP contribution in [0.3, 0.4) is 0 Å². The molecule has 1 aromatic heterocycles. The van der Waals surface area contributed by atoms with E-state index < -0.39 is 0 Å². The van der Waals surface area contributed by atoms with Crippen LogP contribution >= 0.6 is 15.9 Å². The zero-order valence-corrected chi connectivity index (χ0v) is 21.8. The number of para-hydroxylation sites is 2. The molecule has 5 nitrogen and oxygen atoms in total. The highest BCUT2D eigenvalue weighted by molar-refractivity contribution is 9.10. The zero-order valence-electron chi connectivity index (χ0n) is 20.2. The molecule has 0 aliphatic rings. The predicted molar refractivity (Wildman–Crippen MR) is 145 cm³/mol. The standard InChI is InChI=1S/C29H32BrN3O2/c1-2-22-14-16-25(17-15-22)35-20-19-33-27-12-6-5-11-26(27)32-28(33)13-4-3-7-18-31-29(34)23-9-8-10-24(30)21-23/h5-6,8-12,14-17,21H,2-4,7,13,18-20H2,1H3,(H,31,34). The summed E-state index contributed by atoms with van der Waals surface area (Å²) in [7, 11) is 0. The maximum absolute atomic E-state index is 12.3. The summed E-state index contributed by atoms with van der Waals surface area (Å²) in [6.07, 6.45) is 4.93. The molecule has 0 fully saturated rings. The van der Waals surface area contributed by atoms with Gasteiger partial charge in [0, 0.05) is 23.0 Å². The maximum atomic E-state index is 12.3. The number of nitrogens with zero attached hydrogens (tertiary/aromatic N) is 2. The topological polar surface area (TPSA) is 56.1 Å². The second-order valence-electron chi connectivity index (χ2n) is 8.59. The summed E-state index contributed by atoms with van der Waals surface area (Å²) in [5, 5.41) is 3.01. The Morgan fingerprint density at radius 3 is 2.63 bits per heavy atom.